The molecular weight excluding hydrogens is 386 g/mol. The minimum absolute atomic E-state index is 0.133. The van der Waals surface area contributed by atoms with Gasteiger partial charge in [0.2, 0.25) is 0 Å². The summed E-state index contributed by atoms with van der Waals surface area (Å²) in [5.41, 5.74) is 0.305. The lowest BCUT2D eigenvalue weighted by Gasteiger charge is -2.29. The van der Waals surface area contributed by atoms with E-state index in [-0.39, 0.29) is 31.5 Å². The van der Waals surface area contributed by atoms with Crippen molar-refractivity contribution in [2.45, 2.75) is 0 Å². The highest BCUT2D eigenvalue weighted by Gasteiger charge is 2.42. The first kappa shape index (κ1) is 16.9. The van der Waals surface area contributed by atoms with E-state index in [0.29, 0.717) is 26.3 Å². The van der Waals surface area contributed by atoms with Crippen molar-refractivity contribution in [2.75, 3.05) is 31.2 Å². The highest BCUT2D eigenvalue weighted by atomic mass is 35.5. The van der Waals surface area contributed by atoms with Crippen LogP contribution in [0.15, 0.2) is 22.9 Å². The van der Waals surface area contributed by atoms with Gasteiger partial charge in [0.1, 0.15) is 10.7 Å². The molecule has 0 spiro atoms. The van der Waals surface area contributed by atoms with Crippen LogP contribution >= 0.6 is 46.4 Å². The van der Waals surface area contributed by atoms with Crippen molar-refractivity contribution in [3.63, 3.8) is 0 Å². The van der Waals surface area contributed by atoms with Crippen molar-refractivity contribution in [2.24, 2.45) is 0 Å². The van der Waals surface area contributed by atoms with Crippen LogP contribution in [0.25, 0.3) is 0 Å². The molecule has 1 aromatic carbocycles. The number of imide groups is 1. The molecule has 1 aromatic rings. The molecule has 5 nitrogen and oxygen atoms in total. The molecule has 1 saturated heterocycles. The van der Waals surface area contributed by atoms with Crippen molar-refractivity contribution >= 4 is 63.9 Å². The fraction of sp³-hybridized carbons (Fsp3) is 0.286. The molecule has 2 amide bonds. The number of hydrogen-bond acceptors (Lipinski definition) is 4. The first-order valence-electron chi connectivity index (χ1n) is 6.67. The van der Waals surface area contributed by atoms with Crippen molar-refractivity contribution in [3.05, 3.63) is 37.9 Å². The monoisotopic (exact) mass is 394 g/mol. The van der Waals surface area contributed by atoms with Gasteiger partial charge < -0.3 is 9.64 Å². The molecule has 9 heteroatoms. The molecule has 23 heavy (non-hydrogen) atoms. The van der Waals surface area contributed by atoms with Crippen LogP contribution in [-0.4, -0.2) is 43.0 Å². The Kier molecular flexibility index (Phi) is 4.76. The number of carbonyl (C=O) groups is 2. The summed E-state index contributed by atoms with van der Waals surface area (Å²) in [5, 5.41) is 0.405. The lowest BCUT2D eigenvalue weighted by Crippen LogP contribution is -2.40. The van der Waals surface area contributed by atoms with E-state index in [4.69, 9.17) is 51.1 Å². The smallest absolute Gasteiger partial charge is 0.283 e. The van der Waals surface area contributed by atoms with Crippen LogP contribution in [-0.2, 0) is 14.3 Å². The molecule has 0 saturated carbocycles. The van der Waals surface area contributed by atoms with Crippen LogP contribution in [0.2, 0.25) is 15.1 Å². The summed E-state index contributed by atoms with van der Waals surface area (Å²) >= 11 is 24.1. The van der Waals surface area contributed by atoms with E-state index >= 15 is 0 Å². The van der Waals surface area contributed by atoms with Gasteiger partial charge in [-0.2, -0.15) is 0 Å². The van der Waals surface area contributed by atoms with Gasteiger partial charge in [0, 0.05) is 13.1 Å². The number of carbonyl (C=O) groups excluding carboxylic acids is 2. The van der Waals surface area contributed by atoms with Gasteiger partial charge in [-0.25, -0.2) is 4.90 Å². The zero-order valence-electron chi connectivity index (χ0n) is 11.6. The zero-order chi connectivity index (χ0) is 16.7. The minimum atomic E-state index is -0.640. The summed E-state index contributed by atoms with van der Waals surface area (Å²) in [7, 11) is 0. The van der Waals surface area contributed by atoms with Gasteiger partial charge in [-0.05, 0) is 12.1 Å². The van der Waals surface area contributed by atoms with Gasteiger partial charge in [-0.3, -0.25) is 9.59 Å². The Balaban J connectivity index is 1.99. The van der Waals surface area contributed by atoms with Gasteiger partial charge in [0.15, 0.2) is 0 Å². The van der Waals surface area contributed by atoms with E-state index in [0.717, 1.165) is 4.90 Å². The first-order chi connectivity index (χ1) is 10.9. The van der Waals surface area contributed by atoms with Crippen molar-refractivity contribution in [3.8, 4) is 0 Å². The Morgan fingerprint density at radius 3 is 2.13 bits per heavy atom. The SMILES string of the molecule is O=C1C(Cl)=C(N2CCOCC2)C(=O)N1c1cc(Cl)c(Cl)cc1Cl. The molecule has 0 aliphatic carbocycles. The van der Waals surface area contributed by atoms with Crippen LogP contribution in [0, 0.1) is 0 Å². The number of ether oxygens (including phenoxy) is 1. The second-order valence-corrected chi connectivity index (χ2v) is 6.53. The summed E-state index contributed by atoms with van der Waals surface area (Å²) in [5.74, 6) is -1.18. The van der Waals surface area contributed by atoms with Crippen molar-refractivity contribution in [1.29, 1.82) is 0 Å². The Labute approximate surface area is 152 Å². The first-order valence-corrected chi connectivity index (χ1v) is 8.18. The summed E-state index contributed by atoms with van der Waals surface area (Å²) < 4.78 is 5.25. The third-order valence-corrected chi connectivity index (χ3v) is 4.93. The standard InChI is InChI=1S/C14H10Cl4N2O3/c15-7-5-9(17)10(6-8(7)16)20-13(21)11(18)12(14(20)22)19-1-3-23-4-2-19/h5-6H,1-4H2. The molecule has 0 bridgehead atoms. The van der Waals surface area contributed by atoms with Crippen LogP contribution in [0.4, 0.5) is 5.69 Å². The molecule has 0 N–H and O–H groups in total. The van der Waals surface area contributed by atoms with Gasteiger partial charge in [0.25, 0.3) is 11.8 Å². The fourth-order valence-corrected chi connectivity index (χ4v) is 3.37. The molecule has 2 heterocycles. The zero-order valence-corrected chi connectivity index (χ0v) is 14.6. The second kappa shape index (κ2) is 6.49. The van der Waals surface area contributed by atoms with E-state index < -0.39 is 11.8 Å². The molecule has 0 atom stereocenters. The Bertz CT molecular complexity index is 729. The van der Waals surface area contributed by atoms with E-state index in [1.807, 2.05) is 0 Å². The fourth-order valence-electron chi connectivity index (χ4n) is 2.45. The van der Waals surface area contributed by atoms with Gasteiger partial charge in [0.05, 0.1) is 34.0 Å². The molecule has 3 rings (SSSR count). The lowest BCUT2D eigenvalue weighted by molar-refractivity contribution is -0.121. The molecule has 2 aliphatic rings. The van der Waals surface area contributed by atoms with E-state index in [1.165, 1.54) is 12.1 Å². The van der Waals surface area contributed by atoms with Crippen LogP contribution in [0.5, 0.6) is 0 Å². The number of morpholine rings is 1. The molecule has 1 fully saturated rings. The predicted octanol–water partition coefficient (Wildman–Crippen LogP) is 3.30. The summed E-state index contributed by atoms with van der Waals surface area (Å²) in [6.45, 7) is 1.88. The van der Waals surface area contributed by atoms with E-state index in [2.05, 4.69) is 0 Å². The second-order valence-electron chi connectivity index (χ2n) is 4.93. The molecule has 0 aromatic heterocycles. The maximum absolute atomic E-state index is 12.7. The van der Waals surface area contributed by atoms with Crippen LogP contribution in [0.1, 0.15) is 0 Å². The van der Waals surface area contributed by atoms with Gasteiger partial charge in [-0.15, -0.1) is 0 Å². The Morgan fingerprint density at radius 2 is 1.48 bits per heavy atom. The average molecular weight is 396 g/mol. The highest BCUT2D eigenvalue weighted by molar-refractivity contribution is 6.53. The van der Waals surface area contributed by atoms with E-state index in [9.17, 15) is 9.59 Å². The molecule has 122 valence electrons. The summed E-state index contributed by atoms with van der Waals surface area (Å²) in [4.78, 5) is 27.8. The minimum Gasteiger partial charge on any atom is -0.378 e. The highest BCUT2D eigenvalue weighted by Crippen LogP contribution is 2.39. The van der Waals surface area contributed by atoms with E-state index in [1.54, 1.807) is 4.90 Å². The van der Waals surface area contributed by atoms with Crippen LogP contribution < -0.4 is 4.90 Å². The van der Waals surface area contributed by atoms with Crippen molar-refractivity contribution in [1.82, 2.24) is 4.90 Å². The quantitative estimate of drug-likeness (QED) is 0.569. The number of hydrogen-bond donors (Lipinski definition) is 0. The van der Waals surface area contributed by atoms with Crippen molar-refractivity contribution < 1.29 is 14.3 Å². The Morgan fingerprint density at radius 1 is 0.870 bits per heavy atom. The van der Waals surface area contributed by atoms with Gasteiger partial charge >= 0.3 is 0 Å². The lowest BCUT2D eigenvalue weighted by atomic mass is 10.2. The average Bonchev–Trinajstić information content (AvgIpc) is 2.74. The third kappa shape index (κ3) is 2.92. The third-order valence-electron chi connectivity index (χ3n) is 3.56. The largest absolute Gasteiger partial charge is 0.378 e. The number of halogens is 4. The summed E-state index contributed by atoms with van der Waals surface area (Å²) in [6.07, 6.45) is 0. The Hall–Kier alpha value is -0.980. The van der Waals surface area contributed by atoms with Crippen LogP contribution in [0.3, 0.4) is 0 Å². The maximum atomic E-state index is 12.7. The summed E-state index contributed by atoms with van der Waals surface area (Å²) in [6, 6.07) is 2.75. The predicted molar refractivity (Wildman–Crippen MR) is 89.2 cm³/mol. The topological polar surface area (TPSA) is 49.9 Å². The normalized spacial score (nSPS) is 19.1. The maximum Gasteiger partial charge on any atom is 0.283 e. The number of rotatable bonds is 2. The molecule has 2 aliphatic heterocycles. The molecule has 0 radical (unpaired) electrons. The number of anilines is 1. The van der Waals surface area contributed by atoms with Gasteiger partial charge in [-0.1, -0.05) is 46.4 Å². The molecule has 0 unspecified atom stereocenters. The molecular formula is C14H10Cl4N2O3. The number of benzene rings is 1. The number of amides is 2. The number of nitrogens with zero attached hydrogens (tertiary/aromatic N) is 2.